The van der Waals surface area contributed by atoms with Crippen molar-refractivity contribution in [2.45, 2.75) is 196 Å². The van der Waals surface area contributed by atoms with E-state index in [4.69, 9.17) is 28.4 Å². The maximum Gasteiger partial charge on any atom is 0.200 e. The van der Waals surface area contributed by atoms with Crippen LogP contribution in [0.4, 0.5) is 8.78 Å². The summed E-state index contributed by atoms with van der Waals surface area (Å²) in [6, 6.07) is 10.9. The highest BCUT2D eigenvalue weighted by molar-refractivity contribution is 5.88. The summed E-state index contributed by atoms with van der Waals surface area (Å²) in [5, 5.41) is 0. The lowest BCUT2D eigenvalue weighted by Crippen LogP contribution is -2.09. The molecular formula is C54H84F2O6. The van der Waals surface area contributed by atoms with Crippen LogP contribution in [0.5, 0.6) is 34.5 Å². The van der Waals surface area contributed by atoms with Gasteiger partial charge >= 0.3 is 0 Å². The fourth-order valence-electron chi connectivity index (χ4n) is 7.49. The van der Waals surface area contributed by atoms with Crippen molar-refractivity contribution in [3.63, 3.8) is 0 Å². The summed E-state index contributed by atoms with van der Waals surface area (Å²) in [5.74, 6) is 0.519. The molecule has 3 rings (SSSR count). The molecule has 0 amide bonds. The predicted octanol–water partition coefficient (Wildman–Crippen LogP) is 17.1. The van der Waals surface area contributed by atoms with Gasteiger partial charge in [-0.1, -0.05) is 169 Å². The molecule has 0 aliphatic rings. The molecule has 0 aliphatic carbocycles. The molecule has 0 radical (unpaired) electrons. The monoisotopic (exact) mass is 867 g/mol. The first-order chi connectivity index (χ1) is 30.4. The third-order valence-corrected chi connectivity index (χ3v) is 11.3. The van der Waals surface area contributed by atoms with Crippen molar-refractivity contribution in [3.05, 3.63) is 48.0 Å². The normalized spacial score (nSPS) is 11.2. The van der Waals surface area contributed by atoms with Gasteiger partial charge in [0, 0.05) is 11.1 Å². The number of halogens is 2. The molecule has 0 unspecified atom stereocenters. The maximum absolute atomic E-state index is 17.8. The van der Waals surface area contributed by atoms with E-state index < -0.39 is 11.6 Å². The second-order valence-corrected chi connectivity index (χ2v) is 16.8. The van der Waals surface area contributed by atoms with Crippen molar-refractivity contribution in [1.82, 2.24) is 0 Å². The van der Waals surface area contributed by atoms with Crippen LogP contribution in [0.15, 0.2) is 36.4 Å². The molecule has 8 heteroatoms. The van der Waals surface area contributed by atoms with Gasteiger partial charge in [0.25, 0.3) is 0 Å². The number of benzene rings is 3. The third kappa shape index (κ3) is 18.6. The van der Waals surface area contributed by atoms with Crippen LogP contribution < -0.4 is 28.4 Å². The van der Waals surface area contributed by atoms with E-state index in [2.05, 4.69) is 41.5 Å². The van der Waals surface area contributed by atoms with Crippen LogP contribution in [0, 0.1) is 11.6 Å². The van der Waals surface area contributed by atoms with Crippen molar-refractivity contribution in [1.29, 1.82) is 0 Å². The van der Waals surface area contributed by atoms with Crippen LogP contribution in [0.1, 0.15) is 196 Å². The lowest BCUT2D eigenvalue weighted by atomic mass is 9.92. The molecule has 0 N–H and O–H groups in total. The molecule has 62 heavy (non-hydrogen) atoms. The minimum absolute atomic E-state index is 0.0804. The summed E-state index contributed by atoms with van der Waals surface area (Å²) in [4.78, 5) is 0. The van der Waals surface area contributed by atoms with Gasteiger partial charge in [0.05, 0.1) is 39.6 Å². The topological polar surface area (TPSA) is 55.4 Å². The minimum Gasteiger partial charge on any atom is -0.490 e. The third-order valence-electron chi connectivity index (χ3n) is 11.3. The molecule has 0 atom stereocenters. The van der Waals surface area contributed by atoms with Gasteiger partial charge in [-0.25, -0.2) is 8.78 Å². The zero-order valence-electron chi connectivity index (χ0n) is 39.9. The van der Waals surface area contributed by atoms with E-state index in [-0.39, 0.29) is 35.8 Å². The Balaban J connectivity index is 2.27. The largest absolute Gasteiger partial charge is 0.490 e. The van der Waals surface area contributed by atoms with Gasteiger partial charge in [-0.3, -0.25) is 0 Å². The Morgan fingerprint density at radius 1 is 0.306 bits per heavy atom. The summed E-state index contributed by atoms with van der Waals surface area (Å²) >= 11 is 0. The van der Waals surface area contributed by atoms with Crippen molar-refractivity contribution in [3.8, 4) is 56.8 Å². The van der Waals surface area contributed by atoms with E-state index in [0.717, 1.165) is 154 Å². The lowest BCUT2D eigenvalue weighted by Gasteiger charge is -2.22. The number of ether oxygens (including phenoxy) is 6. The van der Waals surface area contributed by atoms with Gasteiger partial charge in [-0.15, -0.1) is 0 Å². The maximum atomic E-state index is 17.8. The van der Waals surface area contributed by atoms with Gasteiger partial charge in [0.15, 0.2) is 34.6 Å². The predicted molar refractivity (Wildman–Crippen MR) is 255 cm³/mol. The SMILES string of the molecule is CCCCCCOc1ccc(-c2c(F)c(OCCCCCC)c(OCCCCCC)c(F)c2-c2ccc(OCCCCCC)c(OCCCCCC)c2)cc1OCCCCCC. The molecule has 0 aromatic heterocycles. The molecule has 0 heterocycles. The van der Waals surface area contributed by atoms with Crippen LogP contribution in [0.2, 0.25) is 0 Å². The average Bonchev–Trinajstić information content (AvgIpc) is 3.28. The Labute approximate surface area is 376 Å². The number of rotatable bonds is 38. The molecule has 0 aliphatic heterocycles. The number of hydrogen-bond acceptors (Lipinski definition) is 6. The van der Waals surface area contributed by atoms with Crippen LogP contribution in [-0.4, -0.2) is 39.6 Å². The molecule has 0 saturated heterocycles. The second-order valence-electron chi connectivity index (χ2n) is 16.8. The number of hydrogen-bond donors (Lipinski definition) is 0. The molecular weight excluding hydrogens is 783 g/mol. The van der Waals surface area contributed by atoms with E-state index >= 15 is 8.78 Å². The van der Waals surface area contributed by atoms with Crippen molar-refractivity contribution >= 4 is 0 Å². The summed E-state index contributed by atoms with van der Waals surface area (Å²) < 4.78 is 73.4. The van der Waals surface area contributed by atoms with Gasteiger partial charge in [-0.2, -0.15) is 0 Å². The standard InChI is InChI=1S/C54H84F2O6/c1-7-13-19-25-35-57-45-33-31-43(41-47(45)59-37-27-21-15-9-3)49-50(44-32-34-46(58-36-26-20-14-8-2)48(42-44)60-38-28-22-16-10-4)52(56)54(62-40-30-24-18-12-6)53(51(49)55)61-39-29-23-17-11-5/h31-34,41-42H,7-30,35-40H2,1-6H3. The minimum atomic E-state index is -0.666. The fourth-order valence-corrected chi connectivity index (χ4v) is 7.49. The Hall–Kier alpha value is -3.68. The first kappa shape index (κ1) is 52.7. The lowest BCUT2D eigenvalue weighted by molar-refractivity contribution is 0.240. The van der Waals surface area contributed by atoms with Crippen molar-refractivity contribution in [2.24, 2.45) is 0 Å². The highest BCUT2D eigenvalue weighted by Gasteiger charge is 2.30. The molecule has 6 nitrogen and oxygen atoms in total. The molecule has 0 fully saturated rings. The zero-order valence-corrected chi connectivity index (χ0v) is 39.9. The zero-order chi connectivity index (χ0) is 44.6. The van der Waals surface area contributed by atoms with Crippen molar-refractivity contribution in [2.75, 3.05) is 39.6 Å². The van der Waals surface area contributed by atoms with Gasteiger partial charge in [0.2, 0.25) is 11.5 Å². The Morgan fingerprint density at radius 2 is 0.565 bits per heavy atom. The quantitative estimate of drug-likeness (QED) is 0.0535. The summed E-state index contributed by atoms with van der Waals surface area (Å²) in [7, 11) is 0. The molecule has 0 spiro atoms. The molecule has 0 bridgehead atoms. The van der Waals surface area contributed by atoms with E-state index in [1.807, 2.05) is 24.3 Å². The second kappa shape index (κ2) is 32.9. The first-order valence-electron chi connectivity index (χ1n) is 25.1. The van der Waals surface area contributed by atoms with Crippen LogP contribution in [0.25, 0.3) is 22.3 Å². The molecule has 0 saturated carbocycles. The van der Waals surface area contributed by atoms with Gasteiger partial charge in [0.1, 0.15) is 0 Å². The van der Waals surface area contributed by atoms with Crippen LogP contribution in [-0.2, 0) is 0 Å². The Bertz CT molecular complexity index is 1510. The highest BCUT2D eigenvalue weighted by atomic mass is 19.1. The first-order valence-corrected chi connectivity index (χ1v) is 25.1. The average molecular weight is 867 g/mol. The van der Waals surface area contributed by atoms with Crippen molar-refractivity contribution < 1.29 is 37.2 Å². The fraction of sp³-hybridized carbons (Fsp3) is 0.667. The van der Waals surface area contributed by atoms with Gasteiger partial charge < -0.3 is 28.4 Å². The van der Waals surface area contributed by atoms with E-state index in [9.17, 15) is 0 Å². The Morgan fingerprint density at radius 3 is 0.839 bits per heavy atom. The summed E-state index contributed by atoms with van der Waals surface area (Å²) in [5.41, 5.74) is 1.08. The van der Waals surface area contributed by atoms with E-state index in [0.29, 0.717) is 60.6 Å². The van der Waals surface area contributed by atoms with E-state index in [1.165, 1.54) is 0 Å². The van der Waals surface area contributed by atoms with Gasteiger partial charge in [-0.05, 0) is 73.9 Å². The van der Waals surface area contributed by atoms with Crippen LogP contribution in [0.3, 0.4) is 0 Å². The molecule has 3 aromatic rings. The molecule has 3 aromatic carbocycles. The highest BCUT2D eigenvalue weighted by Crippen LogP contribution is 2.49. The summed E-state index contributed by atoms with van der Waals surface area (Å²) in [6.07, 6.45) is 24.5. The smallest absolute Gasteiger partial charge is 0.200 e. The van der Waals surface area contributed by atoms with Crippen LogP contribution >= 0.6 is 0 Å². The molecule has 350 valence electrons. The number of unbranched alkanes of at least 4 members (excludes halogenated alkanes) is 18. The Kier molecular flexibility index (Phi) is 28.0. The summed E-state index contributed by atoms with van der Waals surface area (Å²) in [6.45, 7) is 15.6. The van der Waals surface area contributed by atoms with E-state index in [1.54, 1.807) is 12.1 Å².